The second-order valence-corrected chi connectivity index (χ2v) is 4.81. The van der Waals surface area contributed by atoms with Crippen molar-refractivity contribution < 1.29 is 4.52 Å². The second-order valence-electron chi connectivity index (χ2n) is 4.81. The summed E-state index contributed by atoms with van der Waals surface area (Å²) in [4.78, 5) is 4.02. The summed E-state index contributed by atoms with van der Waals surface area (Å²) >= 11 is 0. The van der Waals surface area contributed by atoms with E-state index in [-0.39, 0.29) is 0 Å². The van der Waals surface area contributed by atoms with Crippen LogP contribution in [0.2, 0.25) is 0 Å². The van der Waals surface area contributed by atoms with Gasteiger partial charge in [-0.15, -0.1) is 0 Å². The molecule has 6 nitrogen and oxygen atoms in total. The molecule has 0 aromatic carbocycles. The summed E-state index contributed by atoms with van der Waals surface area (Å²) < 4.78 is 6.67. The first kappa shape index (κ1) is 11.4. The number of nitrogens with one attached hydrogen (secondary N) is 1. The van der Waals surface area contributed by atoms with E-state index < -0.39 is 0 Å². The first-order valence-electron chi connectivity index (χ1n) is 6.25. The van der Waals surface area contributed by atoms with Gasteiger partial charge in [0.05, 0.1) is 5.69 Å². The van der Waals surface area contributed by atoms with Gasteiger partial charge in [-0.1, -0.05) is 5.16 Å². The second kappa shape index (κ2) is 4.53. The van der Waals surface area contributed by atoms with Crippen LogP contribution in [0.4, 0.5) is 0 Å². The van der Waals surface area contributed by atoms with E-state index in [2.05, 4.69) is 27.5 Å². The summed E-state index contributed by atoms with van der Waals surface area (Å²) in [7, 11) is 0. The summed E-state index contributed by atoms with van der Waals surface area (Å²) in [6, 6.07) is 0.712. The lowest BCUT2D eigenvalue weighted by molar-refractivity contribution is 0.406. The molecule has 0 unspecified atom stereocenters. The molecule has 96 valence electrons. The van der Waals surface area contributed by atoms with Crippen LogP contribution in [0, 0.1) is 13.8 Å². The maximum atomic E-state index is 4.74. The van der Waals surface area contributed by atoms with Crippen molar-refractivity contribution >= 4 is 0 Å². The first-order chi connectivity index (χ1) is 8.74. The Bertz CT molecular complexity index is 527. The van der Waals surface area contributed by atoms with Crippen LogP contribution in [0.25, 0.3) is 0 Å². The third-order valence-electron chi connectivity index (χ3n) is 3.37. The number of aryl methyl sites for hydroxylation is 1. The minimum absolute atomic E-state index is 0.562. The van der Waals surface area contributed by atoms with Crippen LogP contribution in [0.3, 0.4) is 0 Å². The Labute approximate surface area is 105 Å². The Kier molecular flexibility index (Phi) is 2.87. The number of hydrogen-bond acceptors (Lipinski definition) is 5. The number of rotatable bonds is 5. The molecule has 1 fully saturated rings. The van der Waals surface area contributed by atoms with Crippen molar-refractivity contribution in [2.24, 2.45) is 0 Å². The smallest absolute Gasteiger partial charge is 0.213 e. The third kappa shape index (κ3) is 2.28. The highest BCUT2D eigenvalue weighted by atomic mass is 16.5. The van der Waals surface area contributed by atoms with Crippen molar-refractivity contribution in [2.45, 2.75) is 45.8 Å². The van der Waals surface area contributed by atoms with Gasteiger partial charge in [-0.05, 0) is 26.7 Å². The predicted molar refractivity (Wildman–Crippen MR) is 65.0 cm³/mol. The molecule has 0 aliphatic heterocycles. The molecule has 1 N–H and O–H groups in total. The van der Waals surface area contributed by atoms with Crippen LogP contribution in [-0.4, -0.2) is 26.0 Å². The fourth-order valence-electron chi connectivity index (χ4n) is 2.07. The molecule has 0 saturated heterocycles. The molecule has 6 heteroatoms. The third-order valence-corrected chi connectivity index (χ3v) is 3.37. The molecule has 0 amide bonds. The molecular weight excluding hydrogens is 230 g/mol. The zero-order chi connectivity index (χ0) is 12.5. The molecule has 2 heterocycles. The van der Waals surface area contributed by atoms with Crippen LogP contribution >= 0.6 is 0 Å². The van der Waals surface area contributed by atoms with Gasteiger partial charge in [-0.25, -0.2) is 0 Å². The van der Waals surface area contributed by atoms with Crippen LogP contribution < -0.4 is 5.32 Å². The Morgan fingerprint density at radius 1 is 1.44 bits per heavy atom. The van der Waals surface area contributed by atoms with Gasteiger partial charge in [-0.2, -0.15) is 10.1 Å². The van der Waals surface area contributed by atoms with Crippen molar-refractivity contribution in [1.29, 1.82) is 0 Å². The molecule has 0 spiro atoms. The molecule has 2 aromatic heterocycles. The van der Waals surface area contributed by atoms with Crippen molar-refractivity contribution in [3.8, 4) is 0 Å². The molecule has 2 aromatic rings. The van der Waals surface area contributed by atoms with Crippen LogP contribution in [0.15, 0.2) is 10.9 Å². The highest BCUT2D eigenvalue weighted by molar-refractivity contribution is 5.25. The van der Waals surface area contributed by atoms with Gasteiger partial charge in [0.2, 0.25) is 6.39 Å². The van der Waals surface area contributed by atoms with E-state index in [0.29, 0.717) is 18.4 Å². The molecular formula is C12H17N5O. The highest BCUT2D eigenvalue weighted by Gasteiger charge is 2.21. The van der Waals surface area contributed by atoms with E-state index in [4.69, 9.17) is 4.52 Å². The van der Waals surface area contributed by atoms with Gasteiger partial charge < -0.3 is 9.84 Å². The van der Waals surface area contributed by atoms with Crippen molar-refractivity contribution in [3.05, 3.63) is 29.2 Å². The molecule has 1 aliphatic rings. The molecule has 3 rings (SSSR count). The molecule has 0 bridgehead atoms. The fraction of sp³-hybridized carbons (Fsp3) is 0.583. The van der Waals surface area contributed by atoms with E-state index in [1.54, 1.807) is 0 Å². The predicted octanol–water partition coefficient (Wildman–Crippen LogP) is 1.18. The zero-order valence-electron chi connectivity index (χ0n) is 10.7. The standard InChI is InChI=1S/C12H17N5O/c1-8-11(5-13-10-3-4-10)9(2)17(15-8)6-12-14-7-18-16-12/h7,10,13H,3-6H2,1-2H3. The Morgan fingerprint density at radius 2 is 2.28 bits per heavy atom. The van der Waals surface area contributed by atoms with Crippen LogP contribution in [-0.2, 0) is 13.1 Å². The van der Waals surface area contributed by atoms with Gasteiger partial charge in [0.15, 0.2) is 5.82 Å². The van der Waals surface area contributed by atoms with E-state index in [9.17, 15) is 0 Å². The average molecular weight is 247 g/mol. The van der Waals surface area contributed by atoms with Gasteiger partial charge >= 0.3 is 0 Å². The van der Waals surface area contributed by atoms with Gasteiger partial charge in [0.1, 0.15) is 6.54 Å². The maximum Gasteiger partial charge on any atom is 0.213 e. The Hall–Kier alpha value is -1.69. The quantitative estimate of drug-likeness (QED) is 0.859. The number of hydrogen-bond donors (Lipinski definition) is 1. The van der Waals surface area contributed by atoms with Gasteiger partial charge in [0.25, 0.3) is 0 Å². The Morgan fingerprint density at radius 3 is 2.94 bits per heavy atom. The normalized spacial score (nSPS) is 15.2. The van der Waals surface area contributed by atoms with E-state index in [1.165, 1.54) is 30.5 Å². The minimum Gasteiger partial charge on any atom is -0.343 e. The summed E-state index contributed by atoms with van der Waals surface area (Å²) in [6.07, 6.45) is 3.95. The summed E-state index contributed by atoms with van der Waals surface area (Å²) in [6.45, 7) is 5.59. The molecule has 0 radical (unpaired) electrons. The van der Waals surface area contributed by atoms with Crippen LogP contribution in [0.5, 0.6) is 0 Å². The number of nitrogens with zero attached hydrogens (tertiary/aromatic N) is 4. The average Bonchev–Trinajstić information content (AvgIpc) is 2.96. The fourth-order valence-corrected chi connectivity index (χ4v) is 2.07. The van der Waals surface area contributed by atoms with E-state index in [1.807, 2.05) is 11.6 Å². The molecule has 0 atom stereocenters. The lowest BCUT2D eigenvalue weighted by Gasteiger charge is -2.04. The first-order valence-corrected chi connectivity index (χ1v) is 6.25. The lowest BCUT2D eigenvalue weighted by atomic mass is 10.2. The van der Waals surface area contributed by atoms with E-state index >= 15 is 0 Å². The maximum absolute atomic E-state index is 4.74. The molecule has 1 aliphatic carbocycles. The Balaban J connectivity index is 1.75. The summed E-state index contributed by atoms with van der Waals surface area (Å²) in [5, 5.41) is 11.9. The van der Waals surface area contributed by atoms with Crippen molar-refractivity contribution in [3.63, 3.8) is 0 Å². The van der Waals surface area contributed by atoms with Crippen LogP contribution in [0.1, 0.15) is 35.6 Å². The van der Waals surface area contributed by atoms with E-state index in [0.717, 1.165) is 12.2 Å². The summed E-state index contributed by atoms with van der Waals surface area (Å²) in [5.41, 5.74) is 3.53. The molecule has 18 heavy (non-hydrogen) atoms. The highest BCUT2D eigenvalue weighted by Crippen LogP contribution is 2.21. The van der Waals surface area contributed by atoms with Crippen molar-refractivity contribution in [1.82, 2.24) is 25.2 Å². The minimum atomic E-state index is 0.562. The van der Waals surface area contributed by atoms with Gasteiger partial charge in [-0.3, -0.25) is 4.68 Å². The topological polar surface area (TPSA) is 68.8 Å². The SMILES string of the molecule is Cc1nn(Cc2ncon2)c(C)c1CNC1CC1. The van der Waals surface area contributed by atoms with Crippen molar-refractivity contribution in [2.75, 3.05) is 0 Å². The summed E-state index contributed by atoms with van der Waals surface area (Å²) in [5.74, 6) is 0.655. The largest absolute Gasteiger partial charge is 0.343 e. The zero-order valence-corrected chi connectivity index (χ0v) is 10.7. The lowest BCUT2D eigenvalue weighted by Crippen LogP contribution is -2.16. The number of aromatic nitrogens is 4. The monoisotopic (exact) mass is 247 g/mol. The van der Waals surface area contributed by atoms with Gasteiger partial charge in [0, 0.05) is 23.8 Å². The molecule has 1 saturated carbocycles.